The van der Waals surface area contributed by atoms with Gasteiger partial charge < -0.3 is 5.32 Å². The van der Waals surface area contributed by atoms with Gasteiger partial charge in [0.15, 0.2) is 0 Å². The third kappa shape index (κ3) is 7.61. The van der Waals surface area contributed by atoms with E-state index in [4.69, 9.17) is 0 Å². The Morgan fingerprint density at radius 3 is 1.83 bits per heavy atom. The minimum atomic E-state index is -3.11. The fourth-order valence-electron chi connectivity index (χ4n) is 4.76. The van der Waals surface area contributed by atoms with Crippen molar-refractivity contribution in [1.29, 1.82) is 0 Å². The van der Waals surface area contributed by atoms with Crippen LogP contribution in [-0.2, 0) is 29.7 Å². The van der Waals surface area contributed by atoms with Crippen LogP contribution in [0.3, 0.4) is 0 Å². The van der Waals surface area contributed by atoms with E-state index >= 15 is 0 Å². The van der Waals surface area contributed by atoms with E-state index < -0.39 is 10.0 Å². The van der Waals surface area contributed by atoms with Gasteiger partial charge in [-0.15, -0.1) is 0 Å². The zero-order chi connectivity index (χ0) is 24.8. The van der Waals surface area contributed by atoms with Gasteiger partial charge in [0.2, 0.25) is 10.0 Å². The lowest BCUT2D eigenvalue weighted by Gasteiger charge is -2.33. The van der Waals surface area contributed by atoms with Crippen molar-refractivity contribution in [2.45, 2.75) is 39.4 Å². The normalized spacial score (nSPS) is 19.0. The number of amides is 1. The van der Waals surface area contributed by atoms with E-state index in [-0.39, 0.29) is 5.91 Å². The van der Waals surface area contributed by atoms with Gasteiger partial charge in [-0.25, -0.2) is 8.42 Å². The van der Waals surface area contributed by atoms with Crippen molar-refractivity contribution in [2.24, 2.45) is 5.92 Å². The molecule has 1 N–H and O–H groups in total. The maximum atomic E-state index is 12.6. The van der Waals surface area contributed by atoms with Gasteiger partial charge in [-0.3, -0.25) is 14.6 Å². The predicted octanol–water partition coefficient (Wildman–Crippen LogP) is 2.93. The highest BCUT2D eigenvalue weighted by molar-refractivity contribution is 7.88. The predicted molar refractivity (Wildman–Crippen MR) is 139 cm³/mol. The second kappa shape index (κ2) is 11.6. The molecule has 0 unspecified atom stereocenters. The van der Waals surface area contributed by atoms with E-state index in [0.717, 1.165) is 30.1 Å². The molecule has 0 radical (unpaired) electrons. The van der Waals surface area contributed by atoms with Crippen molar-refractivity contribution < 1.29 is 13.2 Å². The molecule has 2 heterocycles. The Morgan fingerprint density at radius 2 is 1.29 bits per heavy atom. The molecule has 2 aliphatic heterocycles. The molecule has 0 atom stereocenters. The maximum Gasteiger partial charge on any atom is 0.251 e. The van der Waals surface area contributed by atoms with Gasteiger partial charge in [-0.1, -0.05) is 43.3 Å². The Bertz CT molecular complexity index is 1070. The molecule has 0 bridgehead atoms. The maximum absolute atomic E-state index is 12.6. The average Bonchev–Trinajstić information content (AvgIpc) is 2.85. The summed E-state index contributed by atoms with van der Waals surface area (Å²) in [6.07, 6.45) is 3.83. The van der Waals surface area contributed by atoms with Crippen molar-refractivity contribution in [1.82, 2.24) is 19.4 Å². The molecule has 2 aromatic carbocycles. The summed E-state index contributed by atoms with van der Waals surface area (Å²) in [6.45, 7) is 9.43. The van der Waals surface area contributed by atoms with Gasteiger partial charge in [0.05, 0.1) is 6.26 Å². The SMILES string of the molecule is CC1CCN(Cc2ccc(CNC(=O)c3ccc(CN4CCN(S(C)(=O)=O)CC4)cc3)cc2)CC1. The highest BCUT2D eigenvalue weighted by Crippen LogP contribution is 2.18. The molecular formula is C27H38N4O3S. The molecule has 4 rings (SSSR count). The van der Waals surface area contributed by atoms with Crippen LogP contribution in [0, 0.1) is 5.92 Å². The van der Waals surface area contributed by atoms with Crippen LogP contribution in [-0.4, -0.2) is 74.0 Å². The lowest BCUT2D eigenvalue weighted by Crippen LogP contribution is -2.47. The molecule has 7 nitrogen and oxygen atoms in total. The first-order valence-corrected chi connectivity index (χ1v) is 14.5. The number of piperazine rings is 1. The number of nitrogens with zero attached hydrogens (tertiary/aromatic N) is 3. The Morgan fingerprint density at radius 1 is 0.800 bits per heavy atom. The van der Waals surface area contributed by atoms with Crippen LogP contribution >= 0.6 is 0 Å². The van der Waals surface area contributed by atoms with Crippen LogP contribution in [0.2, 0.25) is 0 Å². The molecule has 2 saturated heterocycles. The summed E-state index contributed by atoms with van der Waals surface area (Å²) < 4.78 is 24.9. The van der Waals surface area contributed by atoms with Gasteiger partial charge in [0, 0.05) is 51.4 Å². The van der Waals surface area contributed by atoms with E-state index in [2.05, 4.69) is 46.3 Å². The average molecular weight is 499 g/mol. The van der Waals surface area contributed by atoms with E-state index in [9.17, 15) is 13.2 Å². The fourth-order valence-corrected chi connectivity index (χ4v) is 5.59. The number of piperidine rings is 1. The molecule has 0 saturated carbocycles. The van der Waals surface area contributed by atoms with Gasteiger partial charge in [-0.2, -0.15) is 4.31 Å². The lowest BCUT2D eigenvalue weighted by atomic mass is 9.99. The number of rotatable bonds is 8. The number of carbonyl (C=O) groups is 1. The second-order valence-corrected chi connectivity index (χ2v) is 12.1. The quantitative estimate of drug-likeness (QED) is 0.606. The van der Waals surface area contributed by atoms with Crippen molar-refractivity contribution >= 4 is 15.9 Å². The van der Waals surface area contributed by atoms with Crippen molar-refractivity contribution in [3.05, 3.63) is 70.8 Å². The number of benzene rings is 2. The zero-order valence-corrected chi connectivity index (χ0v) is 21.8. The Labute approximate surface area is 210 Å². The third-order valence-corrected chi connectivity index (χ3v) is 8.48. The molecule has 2 aliphatic rings. The summed E-state index contributed by atoms with van der Waals surface area (Å²) in [5, 5.41) is 3.02. The van der Waals surface area contributed by atoms with Crippen molar-refractivity contribution in [3.63, 3.8) is 0 Å². The number of hydrogen-bond donors (Lipinski definition) is 1. The molecule has 35 heavy (non-hydrogen) atoms. The van der Waals surface area contributed by atoms with Crippen LogP contribution in [0.25, 0.3) is 0 Å². The highest BCUT2D eigenvalue weighted by atomic mass is 32.2. The summed E-state index contributed by atoms with van der Waals surface area (Å²) in [6, 6.07) is 16.2. The monoisotopic (exact) mass is 498 g/mol. The summed E-state index contributed by atoms with van der Waals surface area (Å²) in [4.78, 5) is 17.4. The number of nitrogens with one attached hydrogen (secondary N) is 1. The number of hydrogen-bond acceptors (Lipinski definition) is 5. The highest BCUT2D eigenvalue weighted by Gasteiger charge is 2.23. The third-order valence-electron chi connectivity index (χ3n) is 7.18. The zero-order valence-electron chi connectivity index (χ0n) is 20.9. The van der Waals surface area contributed by atoms with Crippen LogP contribution in [0.4, 0.5) is 0 Å². The smallest absolute Gasteiger partial charge is 0.251 e. The van der Waals surface area contributed by atoms with Gasteiger partial charge in [0.25, 0.3) is 5.91 Å². The Kier molecular flexibility index (Phi) is 8.59. The Balaban J connectivity index is 1.21. The van der Waals surface area contributed by atoms with E-state index in [1.807, 2.05) is 24.3 Å². The molecule has 2 aromatic rings. The molecular weight excluding hydrogens is 460 g/mol. The largest absolute Gasteiger partial charge is 0.348 e. The van der Waals surface area contributed by atoms with Crippen LogP contribution in [0.15, 0.2) is 48.5 Å². The molecule has 2 fully saturated rings. The summed E-state index contributed by atoms with van der Waals surface area (Å²) >= 11 is 0. The second-order valence-electron chi connectivity index (χ2n) is 10.1. The molecule has 0 aromatic heterocycles. The van der Waals surface area contributed by atoms with Crippen LogP contribution in [0.5, 0.6) is 0 Å². The topological polar surface area (TPSA) is 73.0 Å². The Hall–Kier alpha value is -2.26. The van der Waals surface area contributed by atoms with E-state index in [1.54, 1.807) is 0 Å². The van der Waals surface area contributed by atoms with Crippen molar-refractivity contribution in [3.8, 4) is 0 Å². The lowest BCUT2D eigenvalue weighted by molar-refractivity contribution is 0.0951. The van der Waals surface area contributed by atoms with Gasteiger partial charge >= 0.3 is 0 Å². The van der Waals surface area contributed by atoms with Crippen LogP contribution < -0.4 is 5.32 Å². The van der Waals surface area contributed by atoms with Crippen LogP contribution in [0.1, 0.15) is 46.8 Å². The molecule has 190 valence electrons. The fraction of sp³-hybridized carbons (Fsp3) is 0.519. The number of sulfonamides is 1. The molecule has 0 spiro atoms. The first-order chi connectivity index (χ1) is 16.8. The first-order valence-electron chi connectivity index (χ1n) is 12.6. The first kappa shape index (κ1) is 25.8. The number of likely N-dealkylation sites (tertiary alicyclic amines) is 1. The minimum Gasteiger partial charge on any atom is -0.348 e. The summed E-state index contributed by atoms with van der Waals surface area (Å²) in [5.41, 5.74) is 4.18. The minimum absolute atomic E-state index is 0.0789. The molecule has 1 amide bonds. The van der Waals surface area contributed by atoms with Gasteiger partial charge in [0.1, 0.15) is 0 Å². The van der Waals surface area contributed by atoms with Gasteiger partial charge in [-0.05, 0) is 60.7 Å². The standard InChI is InChI=1S/C27H38N4O3S/c1-22-11-13-29(14-12-22)20-24-5-3-23(4-6-24)19-28-27(32)26-9-7-25(8-10-26)21-30-15-17-31(18-16-30)35(2,33)34/h3-10,22H,11-21H2,1-2H3,(H,28,32). The summed E-state index contributed by atoms with van der Waals surface area (Å²) in [7, 11) is -3.11. The van der Waals surface area contributed by atoms with E-state index in [1.165, 1.54) is 42.1 Å². The molecule has 8 heteroatoms. The van der Waals surface area contributed by atoms with E-state index in [0.29, 0.717) is 38.3 Å². The van der Waals surface area contributed by atoms with Crippen molar-refractivity contribution in [2.75, 3.05) is 45.5 Å². The number of carbonyl (C=O) groups excluding carboxylic acids is 1. The molecule has 0 aliphatic carbocycles. The summed E-state index contributed by atoms with van der Waals surface area (Å²) in [5.74, 6) is 0.767.